The van der Waals surface area contributed by atoms with Gasteiger partial charge in [-0.2, -0.15) is 0 Å². The highest BCUT2D eigenvalue weighted by Gasteiger charge is 2.04. The predicted octanol–water partition coefficient (Wildman–Crippen LogP) is 0.971. The zero-order chi connectivity index (χ0) is 12.5. The van der Waals surface area contributed by atoms with Crippen LogP contribution in [0, 0.1) is 6.92 Å². The van der Waals surface area contributed by atoms with Crippen molar-refractivity contribution < 1.29 is 14.6 Å². The van der Waals surface area contributed by atoms with E-state index in [9.17, 15) is 5.11 Å². The average Bonchev–Trinajstić information content (AvgIpc) is 2.32. The summed E-state index contributed by atoms with van der Waals surface area (Å²) in [5.41, 5.74) is 1.15. The lowest BCUT2D eigenvalue weighted by molar-refractivity contribution is 0.103. The van der Waals surface area contributed by atoms with Crippen molar-refractivity contribution >= 4 is 0 Å². The monoisotopic (exact) mass is 239 g/mol. The van der Waals surface area contributed by atoms with Crippen LogP contribution in [0.5, 0.6) is 5.75 Å². The molecule has 1 rings (SSSR count). The van der Waals surface area contributed by atoms with E-state index < -0.39 is 6.10 Å². The second kappa shape index (κ2) is 8.06. The Balaban J connectivity index is 2.17. The van der Waals surface area contributed by atoms with Gasteiger partial charge in [0.1, 0.15) is 18.5 Å². The summed E-state index contributed by atoms with van der Waals surface area (Å²) in [5, 5.41) is 12.7. The number of aliphatic hydroxyl groups excluding tert-OH is 1. The summed E-state index contributed by atoms with van der Waals surface area (Å²) in [6, 6.07) is 7.78. The van der Waals surface area contributed by atoms with E-state index in [2.05, 4.69) is 5.32 Å². The van der Waals surface area contributed by atoms with E-state index in [1.165, 1.54) is 0 Å². The smallest absolute Gasteiger partial charge is 0.119 e. The number of methoxy groups -OCH3 is 1. The molecule has 1 aromatic rings. The highest BCUT2D eigenvalue weighted by atomic mass is 16.5. The maximum absolute atomic E-state index is 9.65. The van der Waals surface area contributed by atoms with Gasteiger partial charge in [0.15, 0.2) is 0 Å². The standard InChI is InChI=1S/C13H21NO3/c1-11-4-3-5-13(8-11)17-10-12(15)9-14-6-7-16-2/h3-5,8,12,14-15H,6-7,9-10H2,1-2H3. The molecule has 1 atom stereocenters. The molecule has 0 fully saturated rings. The highest BCUT2D eigenvalue weighted by Crippen LogP contribution is 2.12. The van der Waals surface area contributed by atoms with Crippen LogP contribution in [0.15, 0.2) is 24.3 Å². The van der Waals surface area contributed by atoms with Crippen molar-refractivity contribution in [3.05, 3.63) is 29.8 Å². The van der Waals surface area contributed by atoms with Crippen molar-refractivity contribution in [1.82, 2.24) is 5.32 Å². The summed E-state index contributed by atoms with van der Waals surface area (Å²) in [6.45, 7) is 4.19. The molecule has 2 N–H and O–H groups in total. The first kappa shape index (κ1) is 14.0. The fourth-order valence-electron chi connectivity index (χ4n) is 1.40. The topological polar surface area (TPSA) is 50.7 Å². The number of hydrogen-bond donors (Lipinski definition) is 2. The van der Waals surface area contributed by atoms with Gasteiger partial charge in [0, 0.05) is 20.2 Å². The largest absolute Gasteiger partial charge is 0.491 e. The van der Waals surface area contributed by atoms with E-state index >= 15 is 0 Å². The van der Waals surface area contributed by atoms with Crippen molar-refractivity contribution in [2.45, 2.75) is 13.0 Å². The van der Waals surface area contributed by atoms with E-state index in [0.717, 1.165) is 17.9 Å². The van der Waals surface area contributed by atoms with E-state index in [0.29, 0.717) is 19.8 Å². The Kier molecular flexibility index (Phi) is 6.62. The molecule has 0 aliphatic heterocycles. The molecule has 96 valence electrons. The van der Waals surface area contributed by atoms with Crippen LogP contribution >= 0.6 is 0 Å². The summed E-state index contributed by atoms with van der Waals surface area (Å²) in [5.74, 6) is 0.793. The Bertz CT molecular complexity index is 317. The SMILES string of the molecule is COCCNCC(O)COc1cccc(C)c1. The summed E-state index contributed by atoms with van der Waals surface area (Å²) in [4.78, 5) is 0. The lowest BCUT2D eigenvalue weighted by Crippen LogP contribution is -2.33. The van der Waals surface area contributed by atoms with Gasteiger partial charge in [-0.05, 0) is 24.6 Å². The number of ether oxygens (including phenoxy) is 2. The molecule has 0 saturated carbocycles. The molecule has 0 saturated heterocycles. The summed E-state index contributed by atoms with van der Waals surface area (Å²) < 4.78 is 10.4. The van der Waals surface area contributed by atoms with Crippen LogP contribution in [0.4, 0.5) is 0 Å². The third-order valence-corrected chi connectivity index (χ3v) is 2.29. The van der Waals surface area contributed by atoms with Gasteiger partial charge in [-0.3, -0.25) is 0 Å². The fraction of sp³-hybridized carbons (Fsp3) is 0.538. The number of nitrogens with one attached hydrogen (secondary N) is 1. The molecule has 1 aromatic carbocycles. The number of benzene rings is 1. The second-order valence-corrected chi connectivity index (χ2v) is 3.98. The zero-order valence-electron chi connectivity index (χ0n) is 10.5. The quantitative estimate of drug-likeness (QED) is 0.664. The van der Waals surface area contributed by atoms with Crippen molar-refractivity contribution in [3.8, 4) is 5.75 Å². The molecule has 0 aliphatic carbocycles. The van der Waals surface area contributed by atoms with Crippen LogP contribution in [0.1, 0.15) is 5.56 Å². The van der Waals surface area contributed by atoms with Gasteiger partial charge in [0.05, 0.1) is 6.61 Å². The third kappa shape index (κ3) is 6.26. The van der Waals surface area contributed by atoms with Crippen LogP contribution in [0.3, 0.4) is 0 Å². The molecule has 0 radical (unpaired) electrons. The first-order valence-corrected chi connectivity index (χ1v) is 5.79. The van der Waals surface area contributed by atoms with E-state index in [-0.39, 0.29) is 0 Å². The van der Waals surface area contributed by atoms with Gasteiger partial charge in [-0.15, -0.1) is 0 Å². The Labute approximate surface area is 103 Å². The van der Waals surface area contributed by atoms with Gasteiger partial charge in [0.25, 0.3) is 0 Å². The zero-order valence-corrected chi connectivity index (χ0v) is 10.5. The first-order valence-electron chi connectivity index (χ1n) is 5.79. The minimum absolute atomic E-state index is 0.295. The lowest BCUT2D eigenvalue weighted by Gasteiger charge is -2.13. The van der Waals surface area contributed by atoms with E-state index in [1.54, 1.807) is 7.11 Å². The third-order valence-electron chi connectivity index (χ3n) is 2.29. The molecule has 0 amide bonds. The number of aliphatic hydroxyl groups is 1. The highest BCUT2D eigenvalue weighted by molar-refractivity contribution is 5.27. The second-order valence-electron chi connectivity index (χ2n) is 3.98. The fourth-order valence-corrected chi connectivity index (χ4v) is 1.40. The normalized spacial score (nSPS) is 12.4. The molecule has 4 heteroatoms. The molecule has 0 heterocycles. The molecule has 4 nitrogen and oxygen atoms in total. The minimum atomic E-state index is -0.507. The first-order chi connectivity index (χ1) is 8.22. The number of rotatable bonds is 8. The van der Waals surface area contributed by atoms with Crippen LogP contribution in [-0.2, 0) is 4.74 Å². The molecule has 1 unspecified atom stereocenters. The summed E-state index contributed by atoms with van der Waals surface area (Å²) in [7, 11) is 1.65. The molecular formula is C13H21NO3. The van der Waals surface area contributed by atoms with E-state index in [4.69, 9.17) is 9.47 Å². The van der Waals surface area contributed by atoms with Crippen molar-refractivity contribution in [1.29, 1.82) is 0 Å². The molecule has 0 aliphatic rings. The summed E-state index contributed by atoms with van der Waals surface area (Å²) >= 11 is 0. The molecule has 17 heavy (non-hydrogen) atoms. The molecule has 0 spiro atoms. The number of hydrogen-bond acceptors (Lipinski definition) is 4. The van der Waals surface area contributed by atoms with Crippen molar-refractivity contribution in [2.24, 2.45) is 0 Å². The number of aryl methyl sites for hydroxylation is 1. The average molecular weight is 239 g/mol. The predicted molar refractivity (Wildman–Crippen MR) is 67.4 cm³/mol. The van der Waals surface area contributed by atoms with Crippen LogP contribution in [0.2, 0.25) is 0 Å². The summed E-state index contributed by atoms with van der Waals surface area (Å²) in [6.07, 6.45) is -0.507. The van der Waals surface area contributed by atoms with Crippen LogP contribution in [0.25, 0.3) is 0 Å². The van der Waals surface area contributed by atoms with E-state index in [1.807, 2.05) is 31.2 Å². The Morgan fingerprint density at radius 1 is 1.41 bits per heavy atom. The van der Waals surface area contributed by atoms with Gasteiger partial charge in [-0.1, -0.05) is 12.1 Å². The van der Waals surface area contributed by atoms with Crippen LogP contribution < -0.4 is 10.1 Å². The Hall–Kier alpha value is -1.10. The van der Waals surface area contributed by atoms with Gasteiger partial charge >= 0.3 is 0 Å². The molecular weight excluding hydrogens is 218 g/mol. The Morgan fingerprint density at radius 2 is 2.24 bits per heavy atom. The Morgan fingerprint density at radius 3 is 2.94 bits per heavy atom. The van der Waals surface area contributed by atoms with Gasteiger partial charge in [0.2, 0.25) is 0 Å². The van der Waals surface area contributed by atoms with Gasteiger partial charge < -0.3 is 19.9 Å². The lowest BCUT2D eigenvalue weighted by atomic mass is 10.2. The van der Waals surface area contributed by atoms with Crippen LogP contribution in [-0.4, -0.2) is 44.6 Å². The van der Waals surface area contributed by atoms with Gasteiger partial charge in [-0.25, -0.2) is 0 Å². The molecule has 0 aromatic heterocycles. The van der Waals surface area contributed by atoms with Crippen molar-refractivity contribution in [3.63, 3.8) is 0 Å². The van der Waals surface area contributed by atoms with Crippen molar-refractivity contribution in [2.75, 3.05) is 33.4 Å². The minimum Gasteiger partial charge on any atom is -0.491 e. The molecule has 0 bridgehead atoms. The maximum atomic E-state index is 9.65. The maximum Gasteiger partial charge on any atom is 0.119 e.